The predicted molar refractivity (Wildman–Crippen MR) is 132 cm³/mol. The van der Waals surface area contributed by atoms with E-state index in [4.69, 9.17) is 4.84 Å². The lowest BCUT2D eigenvalue weighted by molar-refractivity contribution is -0.590. The predicted octanol–water partition coefficient (Wildman–Crippen LogP) is 2.63. The summed E-state index contributed by atoms with van der Waals surface area (Å²) in [5.74, 6) is -0.978. The lowest BCUT2D eigenvalue weighted by Crippen LogP contribution is -2.47. The highest BCUT2D eigenvalue weighted by atomic mass is 16.7. The molecule has 190 valence electrons. The molecule has 0 saturated heterocycles. The summed E-state index contributed by atoms with van der Waals surface area (Å²) in [6, 6.07) is 13.3. The molecule has 1 aliphatic heterocycles. The zero-order valence-electron chi connectivity index (χ0n) is 20.1. The summed E-state index contributed by atoms with van der Waals surface area (Å²) in [5, 5.41) is 21.1. The SMILES string of the molecule is O=CN(C[C@@H](CC1CCCC1)C(=O)N1N=CC[C@H]1C(=O)Nc1cccc[n+]1[O-])OCc1ccccc1. The number of anilines is 1. The van der Waals surface area contributed by atoms with Crippen LogP contribution in [0.25, 0.3) is 0 Å². The standard InChI is InChI=1S/C26H31N5O5/c32-19-29(36-18-21-10-2-1-3-11-21)17-22(16-20-8-4-5-9-20)26(34)31-23(13-14-27-31)25(33)28-24-12-6-7-15-30(24)35/h1-3,6-7,10-12,14-15,19-20,22-23H,4-5,8-9,13,16-18H2,(H,28,33)/t22-,23+/m1/s1. The van der Waals surface area contributed by atoms with E-state index in [9.17, 15) is 19.6 Å². The highest BCUT2D eigenvalue weighted by molar-refractivity contribution is 5.99. The van der Waals surface area contributed by atoms with Crippen LogP contribution in [-0.2, 0) is 25.8 Å². The van der Waals surface area contributed by atoms with E-state index in [0.717, 1.165) is 36.3 Å². The number of hydroxylamine groups is 2. The first kappa shape index (κ1) is 25.3. The maximum atomic E-state index is 13.7. The Kier molecular flexibility index (Phi) is 8.62. The Morgan fingerprint density at radius 1 is 1.19 bits per heavy atom. The van der Waals surface area contributed by atoms with Gasteiger partial charge in [-0.25, -0.2) is 24.9 Å². The van der Waals surface area contributed by atoms with Crippen molar-refractivity contribution in [3.8, 4) is 0 Å². The van der Waals surface area contributed by atoms with Crippen LogP contribution in [0.2, 0.25) is 0 Å². The van der Waals surface area contributed by atoms with Gasteiger partial charge in [-0.2, -0.15) is 5.10 Å². The Hall–Kier alpha value is -3.79. The van der Waals surface area contributed by atoms with Crippen molar-refractivity contribution in [3.05, 3.63) is 65.5 Å². The van der Waals surface area contributed by atoms with Crippen molar-refractivity contribution in [1.82, 2.24) is 10.1 Å². The smallest absolute Gasteiger partial charge is 0.332 e. The maximum absolute atomic E-state index is 13.7. The molecule has 1 aliphatic carbocycles. The fourth-order valence-corrected chi connectivity index (χ4v) is 4.74. The Labute approximate surface area is 210 Å². The molecule has 2 heterocycles. The summed E-state index contributed by atoms with van der Waals surface area (Å²) >= 11 is 0. The van der Waals surface area contributed by atoms with Gasteiger partial charge in [0.15, 0.2) is 6.04 Å². The summed E-state index contributed by atoms with van der Waals surface area (Å²) < 4.78 is 0.550. The van der Waals surface area contributed by atoms with Crippen LogP contribution in [0.15, 0.2) is 59.8 Å². The number of amides is 3. The van der Waals surface area contributed by atoms with E-state index in [1.165, 1.54) is 23.5 Å². The third kappa shape index (κ3) is 6.45. The molecule has 2 aromatic rings. The minimum atomic E-state index is -0.876. The summed E-state index contributed by atoms with van der Waals surface area (Å²) in [5.41, 5.74) is 0.903. The quantitative estimate of drug-likeness (QED) is 0.223. The fraction of sp³-hybridized carbons (Fsp3) is 0.423. The Bertz CT molecular complexity index is 1070. The summed E-state index contributed by atoms with van der Waals surface area (Å²) in [6.45, 7) is 0.258. The van der Waals surface area contributed by atoms with Crippen LogP contribution in [0.5, 0.6) is 0 Å². The minimum Gasteiger partial charge on any atom is -0.711 e. The lowest BCUT2D eigenvalue weighted by atomic mass is 9.92. The molecule has 36 heavy (non-hydrogen) atoms. The van der Waals surface area contributed by atoms with Crippen LogP contribution in [0.4, 0.5) is 5.82 Å². The topological polar surface area (TPSA) is 118 Å². The van der Waals surface area contributed by atoms with Gasteiger partial charge in [-0.05, 0) is 24.0 Å². The van der Waals surface area contributed by atoms with Crippen molar-refractivity contribution in [3.63, 3.8) is 0 Å². The lowest BCUT2D eigenvalue weighted by Gasteiger charge is -2.29. The number of pyridine rings is 1. The summed E-state index contributed by atoms with van der Waals surface area (Å²) in [7, 11) is 0. The van der Waals surface area contributed by atoms with Gasteiger partial charge in [0.25, 0.3) is 5.82 Å². The highest BCUT2D eigenvalue weighted by Gasteiger charge is 2.40. The Balaban J connectivity index is 1.45. The number of benzene rings is 1. The zero-order valence-corrected chi connectivity index (χ0v) is 20.1. The van der Waals surface area contributed by atoms with Gasteiger partial charge in [-0.1, -0.05) is 62.1 Å². The van der Waals surface area contributed by atoms with E-state index in [1.807, 2.05) is 30.3 Å². The molecular weight excluding hydrogens is 462 g/mol. The number of nitrogens with zero attached hydrogens (tertiary/aromatic N) is 4. The molecule has 0 bridgehead atoms. The average molecular weight is 494 g/mol. The van der Waals surface area contributed by atoms with Crippen molar-refractivity contribution in [2.24, 2.45) is 16.9 Å². The molecule has 2 aliphatic rings. The van der Waals surface area contributed by atoms with Gasteiger partial charge in [0.2, 0.25) is 12.3 Å². The van der Waals surface area contributed by atoms with E-state index >= 15 is 0 Å². The molecule has 0 unspecified atom stereocenters. The largest absolute Gasteiger partial charge is 0.711 e. The van der Waals surface area contributed by atoms with Gasteiger partial charge in [-0.3, -0.25) is 14.4 Å². The first-order chi connectivity index (χ1) is 17.5. The molecule has 4 rings (SSSR count). The minimum absolute atomic E-state index is 0.0608. The zero-order chi connectivity index (χ0) is 25.3. The number of carbonyl (C=O) groups excluding carboxylic acids is 3. The van der Waals surface area contributed by atoms with Gasteiger partial charge in [0, 0.05) is 18.7 Å². The van der Waals surface area contributed by atoms with E-state index < -0.39 is 17.9 Å². The number of rotatable bonds is 11. The average Bonchev–Trinajstić information content (AvgIpc) is 3.60. The molecule has 2 atom stereocenters. The third-order valence-electron chi connectivity index (χ3n) is 6.63. The van der Waals surface area contributed by atoms with E-state index in [0.29, 0.717) is 23.5 Å². The third-order valence-corrected chi connectivity index (χ3v) is 6.63. The van der Waals surface area contributed by atoms with E-state index in [-0.39, 0.29) is 31.3 Å². The molecule has 0 radical (unpaired) electrons. The number of hydrogen-bond donors (Lipinski definition) is 1. The van der Waals surface area contributed by atoms with Crippen molar-refractivity contribution in [2.75, 3.05) is 11.9 Å². The van der Waals surface area contributed by atoms with E-state index in [2.05, 4.69) is 10.4 Å². The van der Waals surface area contributed by atoms with Gasteiger partial charge in [0.05, 0.1) is 18.7 Å². The highest BCUT2D eigenvalue weighted by Crippen LogP contribution is 2.32. The molecular formula is C26H31N5O5. The first-order valence-corrected chi connectivity index (χ1v) is 12.3. The van der Waals surface area contributed by atoms with Crippen LogP contribution in [0, 0.1) is 17.0 Å². The van der Waals surface area contributed by atoms with Crippen LogP contribution in [-0.4, -0.2) is 47.1 Å². The van der Waals surface area contributed by atoms with Gasteiger partial charge >= 0.3 is 5.91 Å². The van der Waals surface area contributed by atoms with Crippen LogP contribution < -0.4 is 10.0 Å². The Morgan fingerprint density at radius 3 is 2.67 bits per heavy atom. The number of nitrogens with one attached hydrogen (secondary N) is 1. The van der Waals surface area contributed by atoms with Crippen molar-refractivity contribution in [2.45, 2.75) is 51.2 Å². The van der Waals surface area contributed by atoms with Gasteiger partial charge < -0.3 is 5.21 Å². The van der Waals surface area contributed by atoms with Crippen LogP contribution in [0.3, 0.4) is 0 Å². The molecule has 3 amide bonds. The fourth-order valence-electron chi connectivity index (χ4n) is 4.74. The molecule has 1 fully saturated rings. The second-order valence-corrected chi connectivity index (χ2v) is 9.18. The normalized spacial score (nSPS) is 18.2. The molecule has 10 heteroatoms. The molecule has 1 saturated carbocycles. The number of hydrogen-bond acceptors (Lipinski definition) is 6. The molecule has 10 nitrogen and oxygen atoms in total. The second-order valence-electron chi connectivity index (χ2n) is 9.18. The Morgan fingerprint density at radius 2 is 1.94 bits per heavy atom. The van der Waals surface area contributed by atoms with Crippen molar-refractivity contribution >= 4 is 30.3 Å². The molecule has 1 N–H and O–H groups in total. The second kappa shape index (κ2) is 12.3. The maximum Gasteiger partial charge on any atom is 0.332 e. The number of hydrazone groups is 1. The first-order valence-electron chi connectivity index (χ1n) is 12.3. The van der Waals surface area contributed by atoms with Gasteiger partial charge in [-0.15, -0.1) is 0 Å². The number of aromatic nitrogens is 1. The molecule has 1 aromatic carbocycles. The van der Waals surface area contributed by atoms with Crippen molar-refractivity contribution < 1.29 is 24.0 Å². The monoisotopic (exact) mass is 493 g/mol. The van der Waals surface area contributed by atoms with Crippen LogP contribution >= 0.6 is 0 Å². The summed E-state index contributed by atoms with van der Waals surface area (Å²) in [4.78, 5) is 44.1. The van der Waals surface area contributed by atoms with Crippen molar-refractivity contribution in [1.29, 1.82) is 0 Å². The summed E-state index contributed by atoms with van der Waals surface area (Å²) in [6.07, 6.45) is 8.50. The van der Waals surface area contributed by atoms with E-state index in [1.54, 1.807) is 12.1 Å². The van der Waals surface area contributed by atoms with Crippen LogP contribution in [0.1, 0.15) is 44.1 Å². The number of carbonyl (C=O) groups is 3. The molecule has 0 spiro atoms. The van der Waals surface area contributed by atoms with Gasteiger partial charge in [0.1, 0.15) is 6.61 Å². The molecule has 1 aromatic heterocycles.